The van der Waals surface area contributed by atoms with Crippen LogP contribution in [0.15, 0.2) is 16.5 Å². The standard InChI is InChI=1S/C11H18N2O2/c1-9-2-3-10(15-9)7-13-4-5-14-11(6-12)8-13/h2-3,11H,4-8,12H2,1H3. The van der Waals surface area contributed by atoms with Crippen LogP contribution in [-0.4, -0.2) is 37.2 Å². The summed E-state index contributed by atoms with van der Waals surface area (Å²) in [5.74, 6) is 1.99. The van der Waals surface area contributed by atoms with E-state index in [0.717, 1.165) is 37.8 Å². The monoisotopic (exact) mass is 210 g/mol. The Hall–Kier alpha value is -0.840. The van der Waals surface area contributed by atoms with Gasteiger partial charge in [0.15, 0.2) is 0 Å². The van der Waals surface area contributed by atoms with E-state index in [4.69, 9.17) is 14.9 Å². The van der Waals surface area contributed by atoms with Gasteiger partial charge >= 0.3 is 0 Å². The van der Waals surface area contributed by atoms with E-state index < -0.39 is 0 Å². The quantitative estimate of drug-likeness (QED) is 0.799. The van der Waals surface area contributed by atoms with E-state index in [1.807, 2.05) is 19.1 Å². The molecule has 1 aromatic heterocycles. The highest BCUT2D eigenvalue weighted by Gasteiger charge is 2.19. The highest BCUT2D eigenvalue weighted by molar-refractivity contribution is 5.05. The first-order valence-corrected chi connectivity index (χ1v) is 5.37. The zero-order valence-corrected chi connectivity index (χ0v) is 9.11. The zero-order chi connectivity index (χ0) is 10.7. The van der Waals surface area contributed by atoms with Crippen LogP contribution in [0, 0.1) is 6.92 Å². The van der Waals surface area contributed by atoms with Gasteiger partial charge in [-0.25, -0.2) is 0 Å². The lowest BCUT2D eigenvalue weighted by molar-refractivity contribution is -0.0279. The number of aryl methyl sites for hydroxylation is 1. The van der Waals surface area contributed by atoms with Crippen molar-refractivity contribution in [2.24, 2.45) is 5.73 Å². The van der Waals surface area contributed by atoms with Gasteiger partial charge in [-0.15, -0.1) is 0 Å². The van der Waals surface area contributed by atoms with Crippen LogP contribution in [0.5, 0.6) is 0 Å². The molecule has 2 rings (SSSR count). The Labute approximate surface area is 90.0 Å². The number of hydrogen-bond donors (Lipinski definition) is 1. The van der Waals surface area contributed by atoms with E-state index in [0.29, 0.717) is 6.54 Å². The summed E-state index contributed by atoms with van der Waals surface area (Å²) in [4.78, 5) is 2.32. The summed E-state index contributed by atoms with van der Waals surface area (Å²) in [6.45, 7) is 6.03. The molecule has 84 valence electrons. The van der Waals surface area contributed by atoms with Crippen LogP contribution in [0.2, 0.25) is 0 Å². The van der Waals surface area contributed by atoms with Gasteiger partial charge in [0, 0.05) is 19.6 Å². The Bertz CT molecular complexity index is 311. The lowest BCUT2D eigenvalue weighted by atomic mass is 10.2. The van der Waals surface area contributed by atoms with Crippen LogP contribution in [0.3, 0.4) is 0 Å². The molecule has 0 amide bonds. The van der Waals surface area contributed by atoms with Crippen molar-refractivity contribution in [3.63, 3.8) is 0 Å². The molecule has 0 bridgehead atoms. The molecule has 1 aromatic rings. The lowest BCUT2D eigenvalue weighted by Gasteiger charge is -2.31. The summed E-state index contributed by atoms with van der Waals surface area (Å²) in [6.07, 6.45) is 0.176. The first-order valence-electron chi connectivity index (χ1n) is 5.37. The molecule has 0 radical (unpaired) electrons. The molecular weight excluding hydrogens is 192 g/mol. The van der Waals surface area contributed by atoms with E-state index in [9.17, 15) is 0 Å². The van der Waals surface area contributed by atoms with Gasteiger partial charge in [-0.2, -0.15) is 0 Å². The minimum Gasteiger partial charge on any atom is -0.465 e. The maximum absolute atomic E-state index is 5.59. The minimum atomic E-state index is 0.176. The lowest BCUT2D eigenvalue weighted by Crippen LogP contribution is -2.45. The predicted molar refractivity (Wildman–Crippen MR) is 57.5 cm³/mol. The van der Waals surface area contributed by atoms with Gasteiger partial charge < -0.3 is 14.9 Å². The molecule has 0 saturated carbocycles. The van der Waals surface area contributed by atoms with Crippen molar-refractivity contribution >= 4 is 0 Å². The molecule has 4 heteroatoms. The second-order valence-corrected chi connectivity index (χ2v) is 3.98. The number of furan rings is 1. The van der Waals surface area contributed by atoms with Gasteiger partial charge in [-0.05, 0) is 19.1 Å². The van der Waals surface area contributed by atoms with Crippen LogP contribution in [-0.2, 0) is 11.3 Å². The molecule has 4 nitrogen and oxygen atoms in total. The summed E-state index contributed by atoms with van der Waals surface area (Å²) < 4.78 is 11.0. The summed E-state index contributed by atoms with van der Waals surface area (Å²) >= 11 is 0. The smallest absolute Gasteiger partial charge is 0.118 e. The van der Waals surface area contributed by atoms with Crippen molar-refractivity contribution in [3.8, 4) is 0 Å². The number of nitrogens with zero attached hydrogens (tertiary/aromatic N) is 1. The summed E-state index contributed by atoms with van der Waals surface area (Å²) in [5, 5.41) is 0. The van der Waals surface area contributed by atoms with Crippen LogP contribution in [0.4, 0.5) is 0 Å². The van der Waals surface area contributed by atoms with Gasteiger partial charge in [0.2, 0.25) is 0 Å². The summed E-state index contributed by atoms with van der Waals surface area (Å²) in [5.41, 5.74) is 5.59. The molecule has 15 heavy (non-hydrogen) atoms. The molecule has 1 unspecified atom stereocenters. The average Bonchev–Trinajstić information content (AvgIpc) is 2.64. The molecule has 1 aliphatic heterocycles. The molecule has 1 atom stereocenters. The second kappa shape index (κ2) is 4.79. The van der Waals surface area contributed by atoms with Gasteiger partial charge in [-0.3, -0.25) is 4.90 Å². The summed E-state index contributed by atoms with van der Waals surface area (Å²) in [6, 6.07) is 4.03. The van der Waals surface area contributed by atoms with Gasteiger partial charge in [-0.1, -0.05) is 0 Å². The van der Waals surface area contributed by atoms with E-state index in [1.165, 1.54) is 0 Å². The third-order valence-corrected chi connectivity index (χ3v) is 2.66. The van der Waals surface area contributed by atoms with Crippen LogP contribution in [0.1, 0.15) is 11.5 Å². The number of nitrogens with two attached hydrogens (primary N) is 1. The second-order valence-electron chi connectivity index (χ2n) is 3.98. The molecule has 0 aromatic carbocycles. The molecule has 1 fully saturated rings. The maximum Gasteiger partial charge on any atom is 0.118 e. The zero-order valence-electron chi connectivity index (χ0n) is 9.11. The average molecular weight is 210 g/mol. The highest BCUT2D eigenvalue weighted by Crippen LogP contribution is 2.12. The Morgan fingerprint density at radius 1 is 1.53 bits per heavy atom. The topological polar surface area (TPSA) is 51.6 Å². The molecule has 1 aliphatic rings. The number of rotatable bonds is 3. The molecule has 1 saturated heterocycles. The SMILES string of the molecule is Cc1ccc(CN2CCOC(CN)C2)o1. The molecular formula is C11H18N2O2. The predicted octanol–water partition coefficient (Wildman–Crippen LogP) is 0.748. The van der Waals surface area contributed by atoms with Gasteiger partial charge in [0.25, 0.3) is 0 Å². The molecule has 0 aliphatic carbocycles. The van der Waals surface area contributed by atoms with Crippen molar-refractivity contribution in [3.05, 3.63) is 23.7 Å². The van der Waals surface area contributed by atoms with Crippen molar-refractivity contribution in [1.82, 2.24) is 4.90 Å². The minimum absolute atomic E-state index is 0.176. The Morgan fingerprint density at radius 2 is 2.40 bits per heavy atom. The van der Waals surface area contributed by atoms with Crippen LogP contribution >= 0.6 is 0 Å². The number of morpholine rings is 1. The van der Waals surface area contributed by atoms with Crippen molar-refractivity contribution < 1.29 is 9.15 Å². The van der Waals surface area contributed by atoms with E-state index in [1.54, 1.807) is 0 Å². The summed E-state index contributed by atoms with van der Waals surface area (Å²) in [7, 11) is 0. The normalized spacial score (nSPS) is 23.2. The number of ether oxygens (including phenoxy) is 1. The van der Waals surface area contributed by atoms with E-state index in [2.05, 4.69) is 4.90 Å². The third-order valence-electron chi connectivity index (χ3n) is 2.66. The molecule has 2 heterocycles. The van der Waals surface area contributed by atoms with Gasteiger partial charge in [0.1, 0.15) is 11.5 Å². The third kappa shape index (κ3) is 2.81. The molecule has 2 N–H and O–H groups in total. The maximum atomic E-state index is 5.59. The van der Waals surface area contributed by atoms with Crippen LogP contribution in [0.25, 0.3) is 0 Å². The van der Waals surface area contributed by atoms with E-state index in [-0.39, 0.29) is 6.10 Å². The number of hydrogen-bond acceptors (Lipinski definition) is 4. The van der Waals surface area contributed by atoms with Crippen molar-refractivity contribution in [2.45, 2.75) is 19.6 Å². The Kier molecular flexibility index (Phi) is 3.41. The Morgan fingerprint density at radius 3 is 3.07 bits per heavy atom. The Balaban J connectivity index is 1.88. The van der Waals surface area contributed by atoms with E-state index >= 15 is 0 Å². The fourth-order valence-electron chi connectivity index (χ4n) is 1.86. The van der Waals surface area contributed by atoms with Crippen LogP contribution < -0.4 is 5.73 Å². The fraction of sp³-hybridized carbons (Fsp3) is 0.636. The van der Waals surface area contributed by atoms with Crippen molar-refractivity contribution in [1.29, 1.82) is 0 Å². The van der Waals surface area contributed by atoms with Crippen molar-refractivity contribution in [2.75, 3.05) is 26.2 Å². The largest absolute Gasteiger partial charge is 0.465 e. The van der Waals surface area contributed by atoms with Gasteiger partial charge in [0.05, 0.1) is 19.3 Å². The first kappa shape index (κ1) is 10.7. The fourth-order valence-corrected chi connectivity index (χ4v) is 1.86. The molecule has 0 spiro atoms. The highest BCUT2D eigenvalue weighted by atomic mass is 16.5. The first-order chi connectivity index (χ1) is 7.28.